The molecular formula is C17H18N6O2S2. The van der Waals surface area contributed by atoms with Crippen LogP contribution in [0.3, 0.4) is 0 Å². The molecule has 0 aliphatic carbocycles. The van der Waals surface area contributed by atoms with Crippen LogP contribution in [0.4, 0.5) is 11.1 Å². The highest BCUT2D eigenvalue weighted by molar-refractivity contribution is 8.00. The molecule has 3 heterocycles. The van der Waals surface area contributed by atoms with Gasteiger partial charge in [0.15, 0.2) is 4.34 Å². The Kier molecular flexibility index (Phi) is 5.35. The maximum absolute atomic E-state index is 12.4. The van der Waals surface area contributed by atoms with E-state index >= 15 is 0 Å². The molecular weight excluding hydrogens is 384 g/mol. The Morgan fingerprint density at radius 1 is 1.22 bits per heavy atom. The molecule has 27 heavy (non-hydrogen) atoms. The third kappa shape index (κ3) is 3.96. The second-order valence-electron chi connectivity index (χ2n) is 6.04. The summed E-state index contributed by atoms with van der Waals surface area (Å²) in [5, 5.41) is 19.0. The molecule has 1 amide bonds. The minimum Gasteiger partial charge on any atom is -0.399 e. The molecule has 1 N–H and O–H groups in total. The van der Waals surface area contributed by atoms with Gasteiger partial charge in [-0.2, -0.15) is 0 Å². The minimum absolute atomic E-state index is 0.0803. The molecule has 10 heteroatoms. The Labute approximate surface area is 164 Å². The van der Waals surface area contributed by atoms with E-state index < -0.39 is 5.91 Å². The van der Waals surface area contributed by atoms with Gasteiger partial charge >= 0.3 is 17.8 Å². The summed E-state index contributed by atoms with van der Waals surface area (Å²) in [6.07, 6.45) is 5.11. The topological polar surface area (TPSA) is 97.0 Å². The van der Waals surface area contributed by atoms with Gasteiger partial charge in [0, 0.05) is 6.54 Å². The first-order valence-corrected chi connectivity index (χ1v) is 10.6. The van der Waals surface area contributed by atoms with Gasteiger partial charge in [0.1, 0.15) is 0 Å². The normalized spacial score (nSPS) is 17.1. The lowest BCUT2D eigenvalue weighted by Gasteiger charge is -2.34. The van der Waals surface area contributed by atoms with Crippen LogP contribution in [0.25, 0.3) is 0 Å². The molecule has 0 radical (unpaired) electrons. The highest BCUT2D eigenvalue weighted by Gasteiger charge is 2.29. The Bertz CT molecular complexity index is 913. The van der Waals surface area contributed by atoms with E-state index in [4.69, 9.17) is 4.42 Å². The van der Waals surface area contributed by atoms with E-state index in [1.165, 1.54) is 28.7 Å². The van der Waals surface area contributed by atoms with Gasteiger partial charge in [0.05, 0.1) is 6.04 Å². The second kappa shape index (κ2) is 8.05. The van der Waals surface area contributed by atoms with Crippen LogP contribution in [0.1, 0.15) is 41.6 Å². The predicted molar refractivity (Wildman–Crippen MR) is 104 cm³/mol. The number of piperidine rings is 1. The van der Waals surface area contributed by atoms with E-state index in [1.54, 1.807) is 0 Å². The smallest absolute Gasteiger partial charge is 0.319 e. The van der Waals surface area contributed by atoms with Crippen molar-refractivity contribution in [2.24, 2.45) is 0 Å². The third-order valence-corrected chi connectivity index (χ3v) is 6.16. The lowest BCUT2D eigenvalue weighted by molar-refractivity contribution is 0.0990. The standard InChI is InChI=1S/C17H18N6O2S2/c1-26-17-22-20-15(27-17)18-13(24)14-19-21-16(25-14)23-10-6-5-9-12(23)11-7-3-2-4-8-11/h2-4,7-8,12H,5-6,9-10H2,1H3,(H,18,20,24). The van der Waals surface area contributed by atoms with Gasteiger partial charge in [0.25, 0.3) is 0 Å². The van der Waals surface area contributed by atoms with E-state index in [9.17, 15) is 4.79 Å². The highest BCUT2D eigenvalue weighted by atomic mass is 32.2. The van der Waals surface area contributed by atoms with Gasteiger partial charge < -0.3 is 9.32 Å². The van der Waals surface area contributed by atoms with Gasteiger partial charge in [-0.1, -0.05) is 58.5 Å². The number of thioether (sulfide) groups is 1. The van der Waals surface area contributed by atoms with E-state index in [0.717, 1.165) is 30.1 Å². The zero-order chi connectivity index (χ0) is 18.6. The molecule has 1 atom stereocenters. The van der Waals surface area contributed by atoms with Crippen LogP contribution in [0.5, 0.6) is 0 Å². The van der Waals surface area contributed by atoms with E-state index in [1.807, 2.05) is 24.5 Å². The summed E-state index contributed by atoms with van der Waals surface area (Å²) < 4.78 is 6.46. The lowest BCUT2D eigenvalue weighted by Crippen LogP contribution is -2.33. The summed E-state index contributed by atoms with van der Waals surface area (Å²) in [6.45, 7) is 0.816. The Morgan fingerprint density at radius 3 is 2.85 bits per heavy atom. The number of amides is 1. The summed E-state index contributed by atoms with van der Waals surface area (Å²) in [7, 11) is 0. The number of anilines is 2. The van der Waals surface area contributed by atoms with Crippen LogP contribution >= 0.6 is 23.1 Å². The second-order valence-corrected chi connectivity index (χ2v) is 8.07. The number of hydrogen-bond acceptors (Lipinski definition) is 9. The van der Waals surface area contributed by atoms with Crippen LogP contribution in [0.2, 0.25) is 0 Å². The van der Waals surface area contributed by atoms with Gasteiger partial charge in [-0.05, 0) is 31.1 Å². The van der Waals surface area contributed by atoms with Gasteiger partial charge in [-0.25, -0.2) is 0 Å². The van der Waals surface area contributed by atoms with Crippen molar-refractivity contribution in [2.75, 3.05) is 23.0 Å². The highest BCUT2D eigenvalue weighted by Crippen LogP contribution is 2.34. The molecule has 140 valence electrons. The average molecular weight is 403 g/mol. The van der Waals surface area contributed by atoms with E-state index in [2.05, 4.69) is 42.7 Å². The number of carbonyl (C=O) groups excluding carboxylic acids is 1. The van der Waals surface area contributed by atoms with Crippen molar-refractivity contribution in [3.05, 3.63) is 41.8 Å². The number of rotatable bonds is 5. The number of carbonyl (C=O) groups is 1. The third-order valence-electron chi connectivity index (χ3n) is 4.34. The predicted octanol–water partition coefficient (Wildman–Crippen LogP) is 3.63. The van der Waals surface area contributed by atoms with Crippen molar-refractivity contribution in [3.8, 4) is 0 Å². The zero-order valence-electron chi connectivity index (χ0n) is 14.7. The number of nitrogens with one attached hydrogen (secondary N) is 1. The quantitative estimate of drug-likeness (QED) is 0.510. The van der Waals surface area contributed by atoms with Crippen LogP contribution in [-0.2, 0) is 0 Å². The summed E-state index contributed by atoms with van der Waals surface area (Å²) in [5.41, 5.74) is 1.21. The first-order valence-electron chi connectivity index (χ1n) is 8.58. The van der Waals surface area contributed by atoms with Crippen LogP contribution in [0, 0.1) is 0 Å². The SMILES string of the molecule is CSc1nnc(NC(=O)c2nnc(N3CCCCC3c3ccccc3)o2)s1. The van der Waals surface area contributed by atoms with Crippen molar-refractivity contribution in [2.45, 2.75) is 29.6 Å². The number of benzene rings is 1. The number of nitrogens with zero attached hydrogens (tertiary/aromatic N) is 5. The fourth-order valence-corrected chi connectivity index (χ4v) is 4.26. The van der Waals surface area contributed by atoms with Gasteiger partial charge in [0.2, 0.25) is 5.13 Å². The average Bonchev–Trinajstić information content (AvgIpc) is 3.38. The summed E-state index contributed by atoms with van der Waals surface area (Å²) >= 11 is 2.77. The Balaban J connectivity index is 1.51. The first-order chi connectivity index (χ1) is 13.2. The fraction of sp³-hybridized carbons (Fsp3) is 0.353. The van der Waals surface area contributed by atoms with Crippen molar-refractivity contribution >= 4 is 40.2 Å². The summed E-state index contributed by atoms with van der Waals surface area (Å²) in [4.78, 5) is 14.4. The molecule has 3 aromatic rings. The Morgan fingerprint density at radius 2 is 2.07 bits per heavy atom. The molecule has 1 unspecified atom stereocenters. The molecule has 1 saturated heterocycles. The van der Waals surface area contributed by atoms with E-state index in [0.29, 0.717) is 11.1 Å². The van der Waals surface area contributed by atoms with Crippen molar-refractivity contribution in [1.82, 2.24) is 20.4 Å². The largest absolute Gasteiger partial charge is 0.399 e. The van der Waals surface area contributed by atoms with Crippen LogP contribution < -0.4 is 10.2 Å². The van der Waals surface area contributed by atoms with Crippen LogP contribution in [0.15, 0.2) is 39.1 Å². The van der Waals surface area contributed by atoms with Crippen LogP contribution in [-0.4, -0.2) is 39.1 Å². The number of aromatic nitrogens is 4. The molecule has 1 fully saturated rings. The summed E-state index contributed by atoms with van der Waals surface area (Å²) in [5.74, 6) is -0.561. The zero-order valence-corrected chi connectivity index (χ0v) is 16.3. The van der Waals surface area contributed by atoms with Crippen molar-refractivity contribution in [1.29, 1.82) is 0 Å². The number of hydrogen-bond donors (Lipinski definition) is 1. The van der Waals surface area contributed by atoms with Gasteiger partial charge in [-0.15, -0.1) is 15.3 Å². The van der Waals surface area contributed by atoms with Crippen molar-refractivity contribution in [3.63, 3.8) is 0 Å². The molecule has 8 nitrogen and oxygen atoms in total. The fourth-order valence-electron chi connectivity index (χ4n) is 3.10. The molecule has 0 spiro atoms. The lowest BCUT2D eigenvalue weighted by atomic mass is 9.96. The molecule has 2 aromatic heterocycles. The molecule has 1 aromatic carbocycles. The van der Waals surface area contributed by atoms with Crippen molar-refractivity contribution < 1.29 is 9.21 Å². The molecule has 0 saturated carbocycles. The van der Waals surface area contributed by atoms with Gasteiger partial charge in [-0.3, -0.25) is 10.1 Å². The molecule has 0 bridgehead atoms. The minimum atomic E-state index is -0.481. The first kappa shape index (κ1) is 17.9. The monoisotopic (exact) mass is 402 g/mol. The maximum atomic E-state index is 12.4. The van der Waals surface area contributed by atoms with E-state index in [-0.39, 0.29) is 11.9 Å². The molecule has 1 aliphatic heterocycles. The summed E-state index contributed by atoms with van der Waals surface area (Å²) in [6, 6.07) is 10.8. The molecule has 1 aliphatic rings. The molecule has 4 rings (SSSR count). The maximum Gasteiger partial charge on any atom is 0.319 e. The Hall–Kier alpha value is -2.46.